The summed E-state index contributed by atoms with van der Waals surface area (Å²) in [4.78, 5) is 15.2. The summed E-state index contributed by atoms with van der Waals surface area (Å²) in [5.41, 5.74) is 1.83. The van der Waals surface area contributed by atoms with Gasteiger partial charge in [-0.3, -0.25) is 10.1 Å². The first-order valence-electron chi connectivity index (χ1n) is 4.08. The van der Waals surface area contributed by atoms with E-state index in [2.05, 4.69) is 20.4 Å². The Morgan fingerprint density at radius 2 is 2.54 bits per heavy atom. The van der Waals surface area contributed by atoms with Crippen molar-refractivity contribution in [2.75, 3.05) is 13.7 Å². The Labute approximate surface area is 75.9 Å². The molecule has 0 aromatic heterocycles. The first kappa shape index (κ1) is 8.25. The fourth-order valence-electron chi connectivity index (χ4n) is 1.43. The van der Waals surface area contributed by atoms with Crippen LogP contribution in [0.25, 0.3) is 0 Å². The van der Waals surface area contributed by atoms with E-state index in [0.717, 1.165) is 11.4 Å². The fourth-order valence-corrected chi connectivity index (χ4v) is 1.43. The number of rotatable bonds is 1. The predicted molar refractivity (Wildman–Crippen MR) is 46.1 cm³/mol. The Balaban J connectivity index is 2.07. The lowest BCUT2D eigenvalue weighted by atomic mass is 10.1. The van der Waals surface area contributed by atoms with Crippen LogP contribution in [-0.2, 0) is 9.53 Å². The van der Waals surface area contributed by atoms with Crippen LogP contribution in [-0.4, -0.2) is 32.0 Å². The van der Waals surface area contributed by atoms with E-state index < -0.39 is 0 Å². The van der Waals surface area contributed by atoms with Crippen LogP contribution in [0.3, 0.4) is 0 Å². The van der Waals surface area contributed by atoms with Gasteiger partial charge in [-0.25, -0.2) is 10.3 Å². The first-order chi connectivity index (χ1) is 6.31. The molecule has 2 rings (SSSR count). The summed E-state index contributed by atoms with van der Waals surface area (Å²) in [6.07, 6.45) is 2.09. The van der Waals surface area contributed by atoms with E-state index in [9.17, 15) is 4.79 Å². The van der Waals surface area contributed by atoms with E-state index in [4.69, 9.17) is 0 Å². The molecule has 2 aliphatic rings. The van der Waals surface area contributed by atoms with E-state index in [1.807, 2.05) is 0 Å². The molecule has 0 amide bonds. The lowest BCUT2D eigenvalue weighted by Crippen LogP contribution is -2.42. The minimum Gasteiger partial charge on any atom is -0.468 e. The molecule has 1 N–H and O–H groups in total. The van der Waals surface area contributed by atoms with Crippen molar-refractivity contribution in [2.45, 2.75) is 12.5 Å². The number of ether oxygens (including phenoxy) is 1. The summed E-state index contributed by atoms with van der Waals surface area (Å²) in [5.74, 6) is -0.242. The second kappa shape index (κ2) is 3.18. The van der Waals surface area contributed by atoms with Crippen molar-refractivity contribution in [1.82, 2.24) is 10.6 Å². The summed E-state index contributed by atoms with van der Waals surface area (Å²) in [7, 11) is 1.39. The zero-order chi connectivity index (χ0) is 9.26. The maximum absolute atomic E-state index is 11.2. The van der Waals surface area contributed by atoms with Crippen LogP contribution in [0.4, 0.5) is 0 Å². The normalized spacial score (nSPS) is 25.5. The Bertz CT molecular complexity index is 296. The van der Waals surface area contributed by atoms with Gasteiger partial charge in [-0.05, 0) is 0 Å². The molecule has 0 saturated heterocycles. The number of carbonyl (C=O) groups is 1. The molecule has 5 heteroatoms. The number of carbonyl (C=O) groups excluding carboxylic acids is 1. The molecule has 0 aromatic rings. The highest BCUT2D eigenvalue weighted by atomic mass is 16.5. The zero-order valence-electron chi connectivity index (χ0n) is 7.28. The molecule has 2 aliphatic heterocycles. The van der Waals surface area contributed by atoms with E-state index in [0.29, 0.717) is 13.0 Å². The van der Waals surface area contributed by atoms with Crippen LogP contribution in [0.1, 0.15) is 6.42 Å². The number of esters is 1. The van der Waals surface area contributed by atoms with Crippen LogP contribution in [0.15, 0.2) is 16.4 Å². The summed E-state index contributed by atoms with van der Waals surface area (Å²) >= 11 is 0. The molecular weight excluding hydrogens is 170 g/mol. The number of hydrogen-bond donors (Lipinski definition) is 1. The topological polar surface area (TPSA) is 64.8 Å². The summed E-state index contributed by atoms with van der Waals surface area (Å²) in [6, 6.07) is -0.269. The van der Waals surface area contributed by atoms with Crippen molar-refractivity contribution in [2.24, 2.45) is 4.99 Å². The maximum Gasteiger partial charge on any atom is 0.323 e. The van der Waals surface area contributed by atoms with Crippen LogP contribution >= 0.6 is 0 Å². The average Bonchev–Trinajstić information content (AvgIpc) is 2.63. The molecule has 13 heavy (non-hydrogen) atoms. The Morgan fingerprint density at radius 3 is 3.31 bits per heavy atom. The van der Waals surface area contributed by atoms with Gasteiger partial charge in [-0.15, -0.1) is 0 Å². The molecular formula is C8H10N3O2. The van der Waals surface area contributed by atoms with E-state index in [1.165, 1.54) is 13.4 Å². The third-order valence-corrected chi connectivity index (χ3v) is 2.16. The molecule has 0 aliphatic carbocycles. The summed E-state index contributed by atoms with van der Waals surface area (Å²) in [5, 5.41) is 7.09. The highest BCUT2D eigenvalue weighted by Gasteiger charge is 2.28. The van der Waals surface area contributed by atoms with Crippen molar-refractivity contribution < 1.29 is 9.53 Å². The van der Waals surface area contributed by atoms with Crippen LogP contribution in [0.2, 0.25) is 0 Å². The van der Waals surface area contributed by atoms with Gasteiger partial charge in [0.15, 0.2) is 0 Å². The largest absolute Gasteiger partial charge is 0.468 e. The minimum absolute atomic E-state index is 0.242. The zero-order valence-corrected chi connectivity index (χ0v) is 7.28. The molecule has 2 heterocycles. The fraction of sp³-hybridized carbons (Fsp3) is 0.500. The average molecular weight is 180 g/mol. The number of nitrogens with zero attached hydrogens (tertiary/aromatic N) is 2. The molecule has 0 saturated carbocycles. The molecule has 1 unspecified atom stereocenters. The molecule has 0 aromatic carbocycles. The van der Waals surface area contributed by atoms with Gasteiger partial charge in [0, 0.05) is 13.0 Å². The number of hydrogen-bond acceptors (Lipinski definition) is 4. The van der Waals surface area contributed by atoms with Gasteiger partial charge in [0.25, 0.3) is 0 Å². The summed E-state index contributed by atoms with van der Waals surface area (Å²) < 4.78 is 4.63. The third-order valence-electron chi connectivity index (χ3n) is 2.16. The standard InChI is InChI=1S/C8H10N3O2/c1-13-8(12)6-2-5-7(3-9-6)11-4-10-5/h4,6,9H,2-3H2,1H3. The van der Waals surface area contributed by atoms with E-state index in [1.54, 1.807) is 0 Å². The van der Waals surface area contributed by atoms with Crippen molar-refractivity contribution in [3.8, 4) is 0 Å². The van der Waals surface area contributed by atoms with E-state index >= 15 is 0 Å². The lowest BCUT2D eigenvalue weighted by molar-refractivity contribution is -0.143. The van der Waals surface area contributed by atoms with Gasteiger partial charge in [0.1, 0.15) is 12.4 Å². The van der Waals surface area contributed by atoms with Gasteiger partial charge in [0.05, 0.1) is 18.5 Å². The van der Waals surface area contributed by atoms with Gasteiger partial charge in [-0.2, -0.15) is 0 Å². The Hall–Kier alpha value is -1.36. The van der Waals surface area contributed by atoms with Crippen molar-refractivity contribution >= 4 is 12.3 Å². The van der Waals surface area contributed by atoms with Crippen LogP contribution < -0.4 is 10.6 Å². The minimum atomic E-state index is -0.269. The first-order valence-corrected chi connectivity index (χ1v) is 4.08. The molecule has 1 atom stereocenters. The highest BCUT2D eigenvalue weighted by molar-refractivity contribution is 5.77. The lowest BCUT2D eigenvalue weighted by Gasteiger charge is -2.21. The van der Waals surface area contributed by atoms with Crippen molar-refractivity contribution in [1.29, 1.82) is 0 Å². The van der Waals surface area contributed by atoms with Crippen LogP contribution in [0.5, 0.6) is 0 Å². The second-order valence-electron chi connectivity index (χ2n) is 2.93. The molecule has 5 nitrogen and oxygen atoms in total. The second-order valence-corrected chi connectivity index (χ2v) is 2.93. The smallest absolute Gasteiger partial charge is 0.323 e. The highest BCUT2D eigenvalue weighted by Crippen LogP contribution is 2.19. The SMILES string of the molecule is COC(=O)C1CC2=C(CN1)[N]C=N2. The molecule has 0 bridgehead atoms. The van der Waals surface area contributed by atoms with Gasteiger partial charge < -0.3 is 4.74 Å². The molecule has 0 fully saturated rings. The number of methoxy groups -OCH3 is 1. The quantitative estimate of drug-likeness (QED) is 0.547. The Morgan fingerprint density at radius 1 is 1.69 bits per heavy atom. The molecule has 1 radical (unpaired) electrons. The number of aliphatic imine (C=N–C) groups is 1. The van der Waals surface area contributed by atoms with Crippen molar-refractivity contribution in [3.05, 3.63) is 11.4 Å². The monoisotopic (exact) mass is 180 g/mol. The summed E-state index contributed by atoms with van der Waals surface area (Å²) in [6.45, 7) is 0.592. The van der Waals surface area contributed by atoms with Gasteiger partial charge in [0.2, 0.25) is 0 Å². The Kier molecular flexibility index (Phi) is 2.02. The maximum atomic E-state index is 11.2. The number of nitrogens with one attached hydrogen (secondary N) is 1. The van der Waals surface area contributed by atoms with Crippen LogP contribution in [0, 0.1) is 0 Å². The van der Waals surface area contributed by atoms with Crippen molar-refractivity contribution in [3.63, 3.8) is 0 Å². The molecule has 69 valence electrons. The predicted octanol–water partition coefficient (Wildman–Crippen LogP) is -0.621. The third kappa shape index (κ3) is 1.42. The molecule has 0 spiro atoms. The van der Waals surface area contributed by atoms with E-state index in [-0.39, 0.29) is 12.0 Å². The van der Waals surface area contributed by atoms with Gasteiger partial charge >= 0.3 is 5.97 Å². The van der Waals surface area contributed by atoms with Gasteiger partial charge in [-0.1, -0.05) is 0 Å².